The molecule has 0 aliphatic carbocycles. The highest BCUT2D eigenvalue weighted by Gasteiger charge is 2.01. The van der Waals surface area contributed by atoms with Gasteiger partial charge in [0.1, 0.15) is 0 Å². The smallest absolute Gasteiger partial charge is 0.287 e. The van der Waals surface area contributed by atoms with E-state index in [1.807, 2.05) is 31.2 Å². The van der Waals surface area contributed by atoms with E-state index in [-0.39, 0.29) is 5.69 Å². The predicted octanol–water partition coefficient (Wildman–Crippen LogP) is 2.98. The lowest BCUT2D eigenvalue weighted by Gasteiger charge is -2.04. The Morgan fingerprint density at radius 1 is 1.21 bits per heavy atom. The van der Waals surface area contributed by atoms with Gasteiger partial charge in [0, 0.05) is 29.4 Å². The summed E-state index contributed by atoms with van der Waals surface area (Å²) in [5, 5.41) is 0.679. The molecule has 4 heteroatoms. The molecular formula is C15H13ClN2O. The normalized spacial score (nSPS) is 9.79. The second kappa shape index (κ2) is 6.21. The molecule has 2 rings (SSSR count). The topological polar surface area (TPSA) is 34.9 Å². The van der Waals surface area contributed by atoms with Crippen molar-refractivity contribution in [2.75, 3.05) is 0 Å². The standard InChI is InChI=1S/C15H13ClN2O/c1-2-3-4-9-18-11-13(10-17-15(18)19)12-5-7-14(16)8-6-12/h5-8,10-11H,2,9H2,1H3. The maximum Gasteiger partial charge on any atom is 0.348 e. The van der Waals surface area contributed by atoms with Crippen LogP contribution < -0.4 is 5.69 Å². The van der Waals surface area contributed by atoms with E-state index in [2.05, 4.69) is 16.8 Å². The van der Waals surface area contributed by atoms with Gasteiger partial charge < -0.3 is 0 Å². The number of hydrogen-bond acceptors (Lipinski definition) is 2. The van der Waals surface area contributed by atoms with Crippen molar-refractivity contribution in [2.45, 2.75) is 19.9 Å². The van der Waals surface area contributed by atoms with Crippen molar-refractivity contribution < 1.29 is 0 Å². The first kappa shape index (κ1) is 13.4. The van der Waals surface area contributed by atoms with E-state index >= 15 is 0 Å². The van der Waals surface area contributed by atoms with Crippen LogP contribution in [0.4, 0.5) is 0 Å². The molecule has 19 heavy (non-hydrogen) atoms. The van der Waals surface area contributed by atoms with Crippen molar-refractivity contribution in [3.8, 4) is 23.0 Å². The van der Waals surface area contributed by atoms with Crippen molar-refractivity contribution in [1.82, 2.24) is 9.55 Å². The van der Waals surface area contributed by atoms with E-state index in [4.69, 9.17) is 11.6 Å². The van der Waals surface area contributed by atoms with Crippen LogP contribution in [-0.2, 0) is 6.54 Å². The Balaban J connectivity index is 2.35. The summed E-state index contributed by atoms with van der Waals surface area (Å²) in [6.07, 6.45) is 4.11. The zero-order valence-corrected chi connectivity index (χ0v) is 11.3. The molecule has 0 radical (unpaired) electrons. The third-order valence-corrected chi connectivity index (χ3v) is 2.84. The van der Waals surface area contributed by atoms with Crippen LogP contribution in [0.1, 0.15) is 13.3 Å². The molecule has 2 aromatic rings. The monoisotopic (exact) mass is 272 g/mol. The molecule has 1 aromatic carbocycles. The summed E-state index contributed by atoms with van der Waals surface area (Å²) in [6, 6.07) is 7.41. The van der Waals surface area contributed by atoms with Gasteiger partial charge in [-0.1, -0.05) is 36.6 Å². The van der Waals surface area contributed by atoms with Crippen LogP contribution in [0.5, 0.6) is 0 Å². The predicted molar refractivity (Wildman–Crippen MR) is 77.0 cm³/mol. The van der Waals surface area contributed by atoms with Crippen LogP contribution >= 0.6 is 11.6 Å². The SMILES string of the molecule is CCC#CCn1cc(-c2ccc(Cl)cc2)cnc1=O. The highest BCUT2D eigenvalue weighted by Crippen LogP contribution is 2.19. The third-order valence-electron chi connectivity index (χ3n) is 2.58. The molecule has 0 bridgehead atoms. The number of hydrogen-bond donors (Lipinski definition) is 0. The average molecular weight is 273 g/mol. The summed E-state index contributed by atoms with van der Waals surface area (Å²) < 4.78 is 1.51. The molecule has 3 nitrogen and oxygen atoms in total. The van der Waals surface area contributed by atoms with Crippen LogP contribution in [0.25, 0.3) is 11.1 Å². The minimum absolute atomic E-state index is 0.289. The molecule has 0 amide bonds. The lowest BCUT2D eigenvalue weighted by molar-refractivity contribution is 0.758. The molecule has 1 aromatic heterocycles. The Labute approximate surface area is 116 Å². The number of aromatic nitrogens is 2. The second-order valence-electron chi connectivity index (χ2n) is 3.97. The molecule has 0 atom stereocenters. The summed E-state index contributed by atoms with van der Waals surface area (Å²) in [5.41, 5.74) is 1.55. The minimum Gasteiger partial charge on any atom is -0.287 e. The van der Waals surface area contributed by atoms with Crippen molar-refractivity contribution in [1.29, 1.82) is 0 Å². The zero-order chi connectivity index (χ0) is 13.7. The van der Waals surface area contributed by atoms with Gasteiger partial charge in [0.2, 0.25) is 0 Å². The summed E-state index contributed by atoms with van der Waals surface area (Å²) in [6.45, 7) is 2.33. The largest absolute Gasteiger partial charge is 0.348 e. The van der Waals surface area contributed by atoms with Gasteiger partial charge in [-0.2, -0.15) is 0 Å². The van der Waals surface area contributed by atoms with Gasteiger partial charge in [-0.05, 0) is 17.7 Å². The summed E-state index contributed by atoms with van der Waals surface area (Å²) in [5.74, 6) is 5.87. The van der Waals surface area contributed by atoms with E-state index in [9.17, 15) is 4.79 Å². The van der Waals surface area contributed by atoms with Crippen LogP contribution in [0, 0.1) is 11.8 Å². The molecule has 0 saturated heterocycles. The van der Waals surface area contributed by atoms with E-state index < -0.39 is 0 Å². The van der Waals surface area contributed by atoms with Gasteiger partial charge in [-0.3, -0.25) is 4.57 Å². The first-order valence-corrected chi connectivity index (χ1v) is 6.36. The number of halogens is 1. The van der Waals surface area contributed by atoms with Gasteiger partial charge in [0.05, 0.1) is 6.54 Å². The number of nitrogens with zero attached hydrogens (tertiary/aromatic N) is 2. The highest BCUT2D eigenvalue weighted by atomic mass is 35.5. The van der Waals surface area contributed by atoms with Crippen LogP contribution in [0.2, 0.25) is 5.02 Å². The van der Waals surface area contributed by atoms with Crippen LogP contribution in [0.15, 0.2) is 41.5 Å². The van der Waals surface area contributed by atoms with Gasteiger partial charge in [-0.25, -0.2) is 9.78 Å². The molecule has 0 fully saturated rings. The Kier molecular flexibility index (Phi) is 4.38. The van der Waals surface area contributed by atoms with E-state index in [0.29, 0.717) is 11.6 Å². The first-order chi connectivity index (χ1) is 9.20. The highest BCUT2D eigenvalue weighted by molar-refractivity contribution is 6.30. The fraction of sp³-hybridized carbons (Fsp3) is 0.200. The minimum atomic E-state index is -0.289. The van der Waals surface area contributed by atoms with Gasteiger partial charge in [-0.15, -0.1) is 5.92 Å². The lowest BCUT2D eigenvalue weighted by atomic mass is 10.1. The Morgan fingerprint density at radius 3 is 2.63 bits per heavy atom. The van der Waals surface area contributed by atoms with Crippen molar-refractivity contribution >= 4 is 11.6 Å². The van der Waals surface area contributed by atoms with Crippen molar-refractivity contribution in [3.63, 3.8) is 0 Å². The van der Waals surface area contributed by atoms with Gasteiger partial charge in [0.15, 0.2) is 0 Å². The Morgan fingerprint density at radius 2 is 1.95 bits per heavy atom. The maximum atomic E-state index is 11.6. The molecule has 0 unspecified atom stereocenters. The Hall–Kier alpha value is -2.05. The van der Waals surface area contributed by atoms with Gasteiger partial charge >= 0.3 is 5.69 Å². The fourth-order valence-electron chi connectivity index (χ4n) is 1.63. The lowest BCUT2D eigenvalue weighted by Crippen LogP contribution is -2.21. The summed E-state index contributed by atoms with van der Waals surface area (Å²) in [4.78, 5) is 15.5. The third kappa shape index (κ3) is 3.46. The van der Waals surface area contributed by atoms with Crippen molar-refractivity contribution in [3.05, 3.63) is 52.2 Å². The number of rotatable bonds is 2. The van der Waals surface area contributed by atoms with E-state index in [1.54, 1.807) is 12.4 Å². The average Bonchev–Trinajstić information content (AvgIpc) is 2.42. The molecule has 0 spiro atoms. The molecule has 0 aliphatic heterocycles. The van der Waals surface area contributed by atoms with E-state index in [1.165, 1.54) is 4.57 Å². The maximum absolute atomic E-state index is 11.6. The quantitative estimate of drug-likeness (QED) is 0.788. The molecule has 0 aliphatic rings. The molecule has 1 heterocycles. The fourth-order valence-corrected chi connectivity index (χ4v) is 1.75. The van der Waals surface area contributed by atoms with E-state index in [0.717, 1.165) is 17.5 Å². The summed E-state index contributed by atoms with van der Waals surface area (Å²) >= 11 is 5.85. The molecule has 0 saturated carbocycles. The van der Waals surface area contributed by atoms with Crippen LogP contribution in [-0.4, -0.2) is 9.55 Å². The van der Waals surface area contributed by atoms with Crippen molar-refractivity contribution in [2.24, 2.45) is 0 Å². The first-order valence-electron chi connectivity index (χ1n) is 5.99. The second-order valence-corrected chi connectivity index (χ2v) is 4.40. The van der Waals surface area contributed by atoms with Crippen LogP contribution in [0.3, 0.4) is 0 Å². The van der Waals surface area contributed by atoms with Gasteiger partial charge in [0.25, 0.3) is 0 Å². The zero-order valence-electron chi connectivity index (χ0n) is 10.6. The summed E-state index contributed by atoms with van der Waals surface area (Å²) in [7, 11) is 0. The molecular weight excluding hydrogens is 260 g/mol. The number of benzene rings is 1. The Bertz CT molecular complexity index is 678. The molecule has 96 valence electrons. The molecule has 0 N–H and O–H groups in total.